The molecule has 0 aliphatic heterocycles. The van der Waals surface area contributed by atoms with Gasteiger partial charge in [0.1, 0.15) is 0 Å². The summed E-state index contributed by atoms with van der Waals surface area (Å²) in [5, 5.41) is 0. The van der Waals surface area contributed by atoms with Crippen LogP contribution in [-0.4, -0.2) is 25.2 Å². The molecule has 0 aromatic carbocycles. The van der Waals surface area contributed by atoms with E-state index in [0.29, 0.717) is 13.2 Å². The predicted molar refractivity (Wildman–Crippen MR) is 245 cm³/mol. The number of carbonyl (C=O) groups excluding carboxylic acids is 2. The number of allylic oxidation sites excluding steroid dienone is 2. The molecule has 4 nitrogen and oxygen atoms in total. The lowest BCUT2D eigenvalue weighted by Crippen LogP contribution is -2.09. The standard InChI is InChI=1S/C52H98O4/c1-5-9-13-17-21-25-31-37-43-49(51(53)55-47-41-35-29-23-19-15-11-7-3)45-39-33-27-28-34-40-46-50(44-38-32-26-22-18-14-10-6-2)52(54)56-48-42-36-30-24-20-16-12-8-4/h45-46H,5-44,47-48H2,1-4H3/b49-45+,50-46+. The third-order valence-electron chi connectivity index (χ3n) is 11.5. The van der Waals surface area contributed by atoms with Gasteiger partial charge in [-0.15, -0.1) is 0 Å². The average Bonchev–Trinajstić information content (AvgIpc) is 3.20. The summed E-state index contributed by atoms with van der Waals surface area (Å²) in [6.07, 6.45) is 53.0. The molecule has 0 fully saturated rings. The highest BCUT2D eigenvalue weighted by Gasteiger charge is 2.12. The van der Waals surface area contributed by atoms with Crippen molar-refractivity contribution in [3.63, 3.8) is 0 Å². The van der Waals surface area contributed by atoms with Crippen LogP contribution >= 0.6 is 0 Å². The summed E-state index contributed by atoms with van der Waals surface area (Å²) in [6, 6.07) is 0. The summed E-state index contributed by atoms with van der Waals surface area (Å²) >= 11 is 0. The highest BCUT2D eigenvalue weighted by atomic mass is 16.5. The van der Waals surface area contributed by atoms with Gasteiger partial charge in [0.25, 0.3) is 0 Å². The molecular weight excluding hydrogens is 689 g/mol. The van der Waals surface area contributed by atoms with Gasteiger partial charge in [0.2, 0.25) is 0 Å². The maximum atomic E-state index is 13.1. The second-order valence-corrected chi connectivity index (χ2v) is 17.1. The van der Waals surface area contributed by atoms with E-state index in [1.165, 1.54) is 167 Å². The van der Waals surface area contributed by atoms with Crippen molar-refractivity contribution in [3.8, 4) is 0 Å². The van der Waals surface area contributed by atoms with Gasteiger partial charge in [0.05, 0.1) is 13.2 Å². The van der Waals surface area contributed by atoms with E-state index >= 15 is 0 Å². The Bertz CT molecular complexity index is 817. The van der Waals surface area contributed by atoms with E-state index in [1.807, 2.05) is 0 Å². The van der Waals surface area contributed by atoms with Crippen LogP contribution in [0.25, 0.3) is 0 Å². The highest BCUT2D eigenvalue weighted by molar-refractivity contribution is 5.88. The first kappa shape index (κ1) is 54.4. The lowest BCUT2D eigenvalue weighted by molar-refractivity contribution is -0.140. The van der Waals surface area contributed by atoms with Crippen molar-refractivity contribution in [1.29, 1.82) is 0 Å². The monoisotopic (exact) mass is 787 g/mol. The Balaban J connectivity index is 4.75. The summed E-state index contributed by atoms with van der Waals surface area (Å²) in [7, 11) is 0. The van der Waals surface area contributed by atoms with Crippen molar-refractivity contribution in [3.05, 3.63) is 23.3 Å². The van der Waals surface area contributed by atoms with Gasteiger partial charge < -0.3 is 9.47 Å². The van der Waals surface area contributed by atoms with E-state index in [0.717, 1.165) is 101 Å². The predicted octanol–water partition coefficient (Wildman–Crippen LogP) is 17.6. The normalized spacial score (nSPS) is 12.1. The molecule has 0 saturated carbocycles. The summed E-state index contributed by atoms with van der Waals surface area (Å²) in [5.41, 5.74) is 1.82. The van der Waals surface area contributed by atoms with Gasteiger partial charge >= 0.3 is 11.9 Å². The van der Waals surface area contributed by atoms with Crippen LogP contribution in [0.4, 0.5) is 0 Å². The number of rotatable bonds is 45. The molecule has 0 aliphatic rings. The second kappa shape index (κ2) is 46.1. The zero-order valence-corrected chi connectivity index (χ0v) is 38.5. The van der Waals surface area contributed by atoms with Crippen LogP contribution in [0.15, 0.2) is 23.3 Å². The Labute approximate surface area is 351 Å². The molecule has 0 rings (SSSR count). The van der Waals surface area contributed by atoms with Crippen molar-refractivity contribution in [2.75, 3.05) is 13.2 Å². The molecule has 0 heterocycles. The van der Waals surface area contributed by atoms with Crippen LogP contribution in [0.2, 0.25) is 0 Å². The molecule has 0 aromatic rings. The average molecular weight is 787 g/mol. The first-order valence-electron chi connectivity index (χ1n) is 25.3. The molecule has 0 N–H and O–H groups in total. The van der Waals surface area contributed by atoms with Crippen LogP contribution < -0.4 is 0 Å². The summed E-state index contributed by atoms with van der Waals surface area (Å²) in [4.78, 5) is 26.2. The van der Waals surface area contributed by atoms with Crippen LogP contribution in [0.5, 0.6) is 0 Å². The fourth-order valence-electron chi connectivity index (χ4n) is 7.66. The fourth-order valence-corrected chi connectivity index (χ4v) is 7.66. The van der Waals surface area contributed by atoms with Crippen molar-refractivity contribution in [1.82, 2.24) is 0 Å². The minimum absolute atomic E-state index is 0.0700. The van der Waals surface area contributed by atoms with E-state index in [1.54, 1.807) is 0 Å². The van der Waals surface area contributed by atoms with Gasteiger partial charge in [-0.3, -0.25) is 0 Å². The number of hydrogen-bond donors (Lipinski definition) is 0. The van der Waals surface area contributed by atoms with E-state index < -0.39 is 0 Å². The molecule has 0 spiro atoms. The van der Waals surface area contributed by atoms with Gasteiger partial charge in [-0.1, -0.05) is 232 Å². The molecule has 0 unspecified atom stereocenters. The third kappa shape index (κ3) is 39.3. The van der Waals surface area contributed by atoms with Gasteiger partial charge in [-0.2, -0.15) is 0 Å². The lowest BCUT2D eigenvalue weighted by Gasteiger charge is -2.10. The zero-order valence-electron chi connectivity index (χ0n) is 38.5. The smallest absolute Gasteiger partial charge is 0.333 e. The van der Waals surface area contributed by atoms with E-state index in [4.69, 9.17) is 9.47 Å². The number of esters is 2. The number of hydrogen-bond acceptors (Lipinski definition) is 4. The Kier molecular flexibility index (Phi) is 44.8. The lowest BCUT2D eigenvalue weighted by atomic mass is 10.0. The van der Waals surface area contributed by atoms with Gasteiger partial charge in [-0.05, 0) is 64.2 Å². The molecule has 0 saturated heterocycles. The van der Waals surface area contributed by atoms with Crippen LogP contribution in [-0.2, 0) is 19.1 Å². The molecule has 330 valence electrons. The van der Waals surface area contributed by atoms with E-state index in [-0.39, 0.29) is 11.9 Å². The fraction of sp³-hybridized carbons (Fsp3) is 0.885. The number of ether oxygens (including phenoxy) is 2. The first-order chi connectivity index (χ1) is 27.6. The van der Waals surface area contributed by atoms with Crippen LogP contribution in [0.1, 0.15) is 285 Å². The molecule has 0 radical (unpaired) electrons. The van der Waals surface area contributed by atoms with Crippen molar-refractivity contribution in [2.45, 2.75) is 285 Å². The minimum atomic E-state index is -0.0700. The Hall–Kier alpha value is -1.58. The third-order valence-corrected chi connectivity index (χ3v) is 11.5. The van der Waals surface area contributed by atoms with E-state index in [9.17, 15) is 9.59 Å². The quantitative estimate of drug-likeness (QED) is 0.0350. The maximum Gasteiger partial charge on any atom is 0.333 e. The van der Waals surface area contributed by atoms with Gasteiger partial charge in [-0.25, -0.2) is 9.59 Å². The molecule has 0 atom stereocenters. The van der Waals surface area contributed by atoms with Crippen LogP contribution in [0, 0.1) is 0 Å². The van der Waals surface area contributed by atoms with E-state index in [2.05, 4.69) is 39.8 Å². The first-order valence-corrected chi connectivity index (χ1v) is 25.3. The largest absolute Gasteiger partial charge is 0.462 e. The zero-order chi connectivity index (χ0) is 40.8. The Morgan fingerprint density at radius 2 is 0.536 bits per heavy atom. The summed E-state index contributed by atoms with van der Waals surface area (Å²) in [6.45, 7) is 10.2. The van der Waals surface area contributed by atoms with Gasteiger partial charge in [0, 0.05) is 11.1 Å². The molecular formula is C52H98O4. The second-order valence-electron chi connectivity index (χ2n) is 17.1. The maximum absolute atomic E-state index is 13.1. The Morgan fingerprint density at radius 1 is 0.304 bits per heavy atom. The summed E-state index contributed by atoms with van der Waals surface area (Å²) < 4.78 is 11.6. The molecule has 0 bridgehead atoms. The molecule has 0 amide bonds. The van der Waals surface area contributed by atoms with Crippen molar-refractivity contribution >= 4 is 11.9 Å². The van der Waals surface area contributed by atoms with Gasteiger partial charge in [0.15, 0.2) is 0 Å². The van der Waals surface area contributed by atoms with Crippen LogP contribution in [0.3, 0.4) is 0 Å². The molecule has 0 aliphatic carbocycles. The molecule has 56 heavy (non-hydrogen) atoms. The molecule has 4 heteroatoms. The number of unbranched alkanes of at least 4 members (excludes halogenated alkanes) is 33. The summed E-state index contributed by atoms with van der Waals surface area (Å²) in [5.74, 6) is -0.140. The Morgan fingerprint density at radius 3 is 0.821 bits per heavy atom. The van der Waals surface area contributed by atoms with Crippen molar-refractivity contribution in [2.24, 2.45) is 0 Å². The number of carbonyl (C=O) groups is 2. The minimum Gasteiger partial charge on any atom is -0.462 e. The topological polar surface area (TPSA) is 52.6 Å². The SMILES string of the molecule is CCCCCCCCCCOC(=O)/C(=C/CCCCCC/C=C(\CCCCCCCCCC)C(=O)OCCCCCCCCCC)CCCCCCCCCC. The highest BCUT2D eigenvalue weighted by Crippen LogP contribution is 2.19. The molecule has 0 aromatic heterocycles. The van der Waals surface area contributed by atoms with Crippen molar-refractivity contribution < 1.29 is 19.1 Å².